The number of rotatable bonds is 7. The van der Waals surface area contributed by atoms with Crippen molar-refractivity contribution in [1.82, 2.24) is 4.90 Å². The van der Waals surface area contributed by atoms with E-state index in [0.29, 0.717) is 13.1 Å². The summed E-state index contributed by atoms with van der Waals surface area (Å²) in [6.07, 6.45) is 0.0663. The van der Waals surface area contributed by atoms with E-state index in [1.807, 2.05) is 32.0 Å². The van der Waals surface area contributed by atoms with E-state index in [1.165, 1.54) is 0 Å². The Labute approximate surface area is 115 Å². The molecule has 0 aromatic heterocycles. The normalized spacial score (nSPS) is 11.3. The van der Waals surface area contributed by atoms with Crippen molar-refractivity contribution in [2.75, 3.05) is 18.8 Å². The van der Waals surface area contributed by atoms with Gasteiger partial charge in [-0.3, -0.25) is 4.79 Å². The fraction of sp³-hybridized carbons (Fsp3) is 0.500. The molecular formula is C14H21NO3S. The Morgan fingerprint density at radius 3 is 2.21 bits per heavy atom. The van der Waals surface area contributed by atoms with E-state index >= 15 is 0 Å². The first-order chi connectivity index (χ1) is 8.98. The van der Waals surface area contributed by atoms with Crippen molar-refractivity contribution in [3.05, 3.63) is 35.9 Å². The molecule has 0 aliphatic heterocycles. The highest BCUT2D eigenvalue weighted by Gasteiger charge is 2.16. The molecule has 0 fully saturated rings. The lowest BCUT2D eigenvalue weighted by molar-refractivity contribution is -0.130. The molecule has 0 unspecified atom stereocenters. The van der Waals surface area contributed by atoms with E-state index in [2.05, 4.69) is 0 Å². The fourth-order valence-electron chi connectivity index (χ4n) is 1.88. The summed E-state index contributed by atoms with van der Waals surface area (Å²) in [4.78, 5) is 13.4. The van der Waals surface area contributed by atoms with E-state index in [0.717, 1.165) is 5.56 Å². The smallest absolute Gasteiger partial charge is 0.223 e. The maximum Gasteiger partial charge on any atom is 0.223 e. The molecule has 1 rings (SSSR count). The van der Waals surface area contributed by atoms with Crippen molar-refractivity contribution >= 4 is 15.7 Å². The minimum absolute atomic E-state index is 0.000625. The molecule has 0 spiro atoms. The lowest BCUT2D eigenvalue weighted by Gasteiger charge is -2.18. The Morgan fingerprint density at radius 1 is 1.11 bits per heavy atom. The maximum atomic E-state index is 11.9. The van der Waals surface area contributed by atoms with Gasteiger partial charge in [-0.15, -0.1) is 0 Å². The number of sulfone groups is 1. The molecule has 1 amide bonds. The van der Waals surface area contributed by atoms with Crippen molar-refractivity contribution < 1.29 is 13.2 Å². The minimum Gasteiger partial charge on any atom is -0.343 e. The summed E-state index contributed by atoms with van der Waals surface area (Å²) in [5.41, 5.74) is 0.762. The molecule has 0 aliphatic carbocycles. The van der Waals surface area contributed by atoms with Crippen LogP contribution in [0, 0.1) is 0 Å². The SMILES string of the molecule is CCN(CC)C(=O)CCS(=O)(=O)Cc1ccccc1. The van der Waals surface area contributed by atoms with Gasteiger partial charge in [-0.1, -0.05) is 30.3 Å². The quantitative estimate of drug-likeness (QED) is 0.767. The van der Waals surface area contributed by atoms with Crippen LogP contribution in [0.25, 0.3) is 0 Å². The van der Waals surface area contributed by atoms with Crippen LogP contribution in [0.2, 0.25) is 0 Å². The van der Waals surface area contributed by atoms with Crippen LogP contribution in [0.3, 0.4) is 0 Å². The molecular weight excluding hydrogens is 262 g/mol. The predicted octanol–water partition coefficient (Wildman–Crippen LogP) is 1.86. The number of hydrogen-bond acceptors (Lipinski definition) is 3. The summed E-state index contributed by atoms with van der Waals surface area (Å²) in [6.45, 7) is 5.02. The van der Waals surface area contributed by atoms with Gasteiger partial charge in [-0.25, -0.2) is 8.42 Å². The van der Waals surface area contributed by atoms with E-state index < -0.39 is 9.84 Å². The molecule has 5 heteroatoms. The van der Waals surface area contributed by atoms with Gasteiger partial charge in [0, 0.05) is 19.5 Å². The third kappa shape index (κ3) is 5.42. The molecule has 1 aromatic carbocycles. The van der Waals surface area contributed by atoms with Gasteiger partial charge in [-0.2, -0.15) is 0 Å². The van der Waals surface area contributed by atoms with Crippen LogP contribution in [0.4, 0.5) is 0 Å². The number of hydrogen-bond donors (Lipinski definition) is 0. The summed E-state index contributed by atoms with van der Waals surface area (Å²) in [5, 5.41) is 0. The second kappa shape index (κ2) is 7.28. The average Bonchev–Trinajstić information content (AvgIpc) is 2.38. The monoisotopic (exact) mass is 283 g/mol. The fourth-order valence-corrected chi connectivity index (χ4v) is 3.21. The summed E-state index contributed by atoms with van der Waals surface area (Å²) in [6, 6.07) is 9.03. The number of benzene rings is 1. The maximum absolute atomic E-state index is 11.9. The Kier molecular flexibility index (Phi) is 6.02. The molecule has 0 heterocycles. The molecule has 0 N–H and O–H groups in total. The number of carbonyl (C=O) groups is 1. The second-order valence-electron chi connectivity index (χ2n) is 4.39. The Bertz CT molecular complexity index is 493. The molecule has 0 bridgehead atoms. The molecule has 1 aromatic rings. The summed E-state index contributed by atoms with van der Waals surface area (Å²) >= 11 is 0. The van der Waals surface area contributed by atoms with Crippen molar-refractivity contribution in [3.63, 3.8) is 0 Å². The van der Waals surface area contributed by atoms with Crippen molar-refractivity contribution in [3.8, 4) is 0 Å². The van der Waals surface area contributed by atoms with Gasteiger partial charge in [0.15, 0.2) is 9.84 Å². The molecule has 0 saturated carbocycles. The Balaban J connectivity index is 2.54. The third-order valence-electron chi connectivity index (χ3n) is 2.97. The third-order valence-corrected chi connectivity index (χ3v) is 4.57. The zero-order chi connectivity index (χ0) is 14.3. The van der Waals surface area contributed by atoms with Gasteiger partial charge in [0.2, 0.25) is 5.91 Å². The zero-order valence-corrected chi connectivity index (χ0v) is 12.3. The zero-order valence-electron chi connectivity index (χ0n) is 11.5. The van der Waals surface area contributed by atoms with Crippen molar-refractivity contribution in [2.24, 2.45) is 0 Å². The Morgan fingerprint density at radius 2 is 1.68 bits per heavy atom. The highest BCUT2D eigenvalue weighted by molar-refractivity contribution is 7.90. The van der Waals surface area contributed by atoms with Crippen LogP contribution >= 0.6 is 0 Å². The van der Waals surface area contributed by atoms with Gasteiger partial charge in [0.1, 0.15) is 0 Å². The lowest BCUT2D eigenvalue weighted by Crippen LogP contribution is -2.31. The predicted molar refractivity (Wildman–Crippen MR) is 76.5 cm³/mol. The minimum atomic E-state index is -3.23. The summed E-state index contributed by atoms with van der Waals surface area (Å²) in [5.74, 6) is -0.182. The molecule has 0 radical (unpaired) electrons. The van der Waals surface area contributed by atoms with E-state index in [-0.39, 0.29) is 23.8 Å². The highest BCUT2D eigenvalue weighted by atomic mass is 32.2. The first-order valence-corrected chi connectivity index (χ1v) is 8.32. The first-order valence-electron chi connectivity index (χ1n) is 6.50. The highest BCUT2D eigenvalue weighted by Crippen LogP contribution is 2.08. The van der Waals surface area contributed by atoms with Crippen LogP contribution < -0.4 is 0 Å². The van der Waals surface area contributed by atoms with Crippen LogP contribution in [0.5, 0.6) is 0 Å². The van der Waals surface area contributed by atoms with Gasteiger partial charge >= 0.3 is 0 Å². The number of amides is 1. The molecule has 0 saturated heterocycles. The van der Waals surface area contributed by atoms with E-state index in [4.69, 9.17) is 0 Å². The summed E-state index contributed by atoms with van der Waals surface area (Å²) in [7, 11) is -3.23. The average molecular weight is 283 g/mol. The van der Waals surface area contributed by atoms with Crippen LogP contribution in [0.15, 0.2) is 30.3 Å². The van der Waals surface area contributed by atoms with Gasteiger partial charge in [0.25, 0.3) is 0 Å². The van der Waals surface area contributed by atoms with Crippen LogP contribution in [-0.4, -0.2) is 38.1 Å². The van der Waals surface area contributed by atoms with Gasteiger partial charge < -0.3 is 4.90 Å². The van der Waals surface area contributed by atoms with Crippen molar-refractivity contribution in [1.29, 1.82) is 0 Å². The molecule has 0 atom stereocenters. The summed E-state index contributed by atoms with van der Waals surface area (Å²) < 4.78 is 23.9. The first kappa shape index (κ1) is 15.7. The van der Waals surface area contributed by atoms with Crippen molar-refractivity contribution in [2.45, 2.75) is 26.0 Å². The number of carbonyl (C=O) groups excluding carboxylic acids is 1. The molecule has 4 nitrogen and oxygen atoms in total. The largest absolute Gasteiger partial charge is 0.343 e. The topological polar surface area (TPSA) is 54.5 Å². The molecule has 19 heavy (non-hydrogen) atoms. The second-order valence-corrected chi connectivity index (χ2v) is 6.58. The molecule has 0 aliphatic rings. The van der Waals surface area contributed by atoms with Crippen LogP contribution in [-0.2, 0) is 20.4 Å². The van der Waals surface area contributed by atoms with Gasteiger partial charge in [-0.05, 0) is 19.4 Å². The standard InChI is InChI=1S/C14H21NO3S/c1-3-15(4-2)14(16)10-11-19(17,18)12-13-8-6-5-7-9-13/h5-9H,3-4,10-12H2,1-2H3. The molecule has 106 valence electrons. The van der Waals surface area contributed by atoms with E-state index in [9.17, 15) is 13.2 Å². The van der Waals surface area contributed by atoms with Crippen LogP contribution in [0.1, 0.15) is 25.8 Å². The number of nitrogens with zero attached hydrogens (tertiary/aromatic N) is 1. The van der Waals surface area contributed by atoms with E-state index in [1.54, 1.807) is 17.0 Å². The Hall–Kier alpha value is -1.36. The van der Waals surface area contributed by atoms with Gasteiger partial charge in [0.05, 0.1) is 11.5 Å². The lowest BCUT2D eigenvalue weighted by atomic mass is 10.2.